The average molecular weight is 554 g/mol. The highest BCUT2D eigenvalue weighted by molar-refractivity contribution is 6.30. The van der Waals surface area contributed by atoms with Crippen molar-refractivity contribution in [2.45, 2.75) is 33.4 Å². The topological polar surface area (TPSA) is 128 Å². The van der Waals surface area contributed by atoms with E-state index in [4.69, 9.17) is 16.3 Å². The summed E-state index contributed by atoms with van der Waals surface area (Å²) in [5.74, 6) is -2.05. The van der Waals surface area contributed by atoms with Crippen LogP contribution in [0.15, 0.2) is 70.5 Å². The van der Waals surface area contributed by atoms with E-state index in [0.29, 0.717) is 27.6 Å². The van der Waals surface area contributed by atoms with Crippen LogP contribution in [0.25, 0.3) is 0 Å². The van der Waals surface area contributed by atoms with Gasteiger partial charge in [-0.3, -0.25) is 14.3 Å². The van der Waals surface area contributed by atoms with Gasteiger partial charge in [0.15, 0.2) is 0 Å². The van der Waals surface area contributed by atoms with E-state index >= 15 is 0 Å². The maximum Gasteiger partial charge on any atom is 0.355 e. The maximum absolute atomic E-state index is 13.6. The molecule has 2 atom stereocenters. The summed E-state index contributed by atoms with van der Waals surface area (Å²) < 4.78 is 21.3. The van der Waals surface area contributed by atoms with E-state index < -0.39 is 35.1 Å². The minimum Gasteiger partial charge on any atom is -0.481 e. The number of aliphatic carboxylic acids is 1. The van der Waals surface area contributed by atoms with E-state index in [1.165, 1.54) is 30.7 Å². The lowest BCUT2D eigenvalue weighted by Crippen LogP contribution is -2.46. The van der Waals surface area contributed by atoms with Gasteiger partial charge in [0.1, 0.15) is 17.3 Å². The molecule has 0 saturated heterocycles. The number of nitrogens with one attached hydrogen (secondary N) is 1. The molecule has 0 bridgehead atoms. The standard InChI is InChI=1S/C27H25ClFN5O5/c1-15-10-21(8-9-23(15)39-22-11-20(29)12-30-13-22)31-25-32-26(37)34(17(3)16(2)24(35)36)27(38)33(25)14-18-4-6-19(28)7-5-18/h4-13,16-17H,14H2,1-3H3,(H,35,36)(H,31,32,37)/t16-,17+/m1/s1. The summed E-state index contributed by atoms with van der Waals surface area (Å²) in [4.78, 5) is 45.9. The Labute approximate surface area is 227 Å². The first-order valence-electron chi connectivity index (χ1n) is 11.9. The first-order chi connectivity index (χ1) is 18.5. The number of hydrogen-bond donors (Lipinski definition) is 2. The SMILES string of the molecule is Cc1cc(Nc2nc(=O)n([C@@H](C)[C@@H](C)C(=O)O)c(=O)n2Cc2ccc(Cl)cc2)ccc1Oc1cncc(F)c1. The monoisotopic (exact) mass is 553 g/mol. The Bertz CT molecular complexity index is 1640. The molecule has 10 nitrogen and oxygen atoms in total. The summed E-state index contributed by atoms with van der Waals surface area (Å²) >= 11 is 6.00. The molecule has 0 unspecified atom stereocenters. The van der Waals surface area contributed by atoms with E-state index in [2.05, 4.69) is 15.3 Å². The predicted molar refractivity (Wildman–Crippen MR) is 144 cm³/mol. The number of rotatable bonds is 9. The van der Waals surface area contributed by atoms with Gasteiger partial charge in [-0.1, -0.05) is 23.7 Å². The Hall–Kier alpha value is -4.51. The van der Waals surface area contributed by atoms with E-state index in [0.717, 1.165) is 10.8 Å². The molecule has 4 rings (SSSR count). The molecule has 0 fully saturated rings. The van der Waals surface area contributed by atoms with Gasteiger partial charge in [-0.25, -0.2) is 18.5 Å². The van der Waals surface area contributed by atoms with Crippen molar-refractivity contribution in [1.29, 1.82) is 0 Å². The quantitative estimate of drug-likeness (QED) is 0.303. The fourth-order valence-electron chi connectivity index (χ4n) is 3.84. The molecule has 0 amide bonds. The third-order valence-electron chi connectivity index (χ3n) is 6.21. The first kappa shape index (κ1) is 27.5. The van der Waals surface area contributed by atoms with Crippen molar-refractivity contribution in [2.24, 2.45) is 5.92 Å². The Morgan fingerprint density at radius 2 is 1.85 bits per heavy atom. The van der Waals surface area contributed by atoms with Crippen LogP contribution in [0.4, 0.5) is 16.0 Å². The highest BCUT2D eigenvalue weighted by Crippen LogP contribution is 2.28. The Kier molecular flexibility index (Phi) is 8.10. The second kappa shape index (κ2) is 11.5. The van der Waals surface area contributed by atoms with Crippen LogP contribution in [-0.4, -0.2) is 30.2 Å². The lowest BCUT2D eigenvalue weighted by molar-refractivity contribution is -0.142. The van der Waals surface area contributed by atoms with Crippen molar-refractivity contribution < 1.29 is 19.0 Å². The molecule has 202 valence electrons. The lowest BCUT2D eigenvalue weighted by Gasteiger charge is -2.21. The molecule has 0 radical (unpaired) electrons. The molecule has 0 aliphatic carbocycles. The van der Waals surface area contributed by atoms with Crippen LogP contribution >= 0.6 is 11.6 Å². The van der Waals surface area contributed by atoms with Gasteiger partial charge in [-0.2, -0.15) is 4.98 Å². The van der Waals surface area contributed by atoms with Crippen LogP contribution in [0.2, 0.25) is 5.02 Å². The maximum atomic E-state index is 13.6. The minimum absolute atomic E-state index is 0.0335. The summed E-state index contributed by atoms with van der Waals surface area (Å²) in [6, 6.07) is 12.1. The molecule has 0 spiro atoms. The number of carboxylic acid groups (broad SMARTS) is 1. The average Bonchev–Trinajstić information content (AvgIpc) is 2.88. The lowest BCUT2D eigenvalue weighted by atomic mass is 10.0. The van der Waals surface area contributed by atoms with Gasteiger partial charge in [0.05, 0.1) is 30.9 Å². The number of pyridine rings is 1. The highest BCUT2D eigenvalue weighted by atomic mass is 35.5. The second-order valence-electron chi connectivity index (χ2n) is 9.00. The normalized spacial score (nSPS) is 12.5. The summed E-state index contributed by atoms with van der Waals surface area (Å²) in [7, 11) is 0. The van der Waals surface area contributed by atoms with Gasteiger partial charge in [-0.15, -0.1) is 0 Å². The van der Waals surface area contributed by atoms with E-state index in [1.807, 2.05) is 0 Å². The molecule has 0 aliphatic rings. The first-order valence-corrected chi connectivity index (χ1v) is 12.3. The number of carbonyl (C=O) groups is 1. The van der Waals surface area contributed by atoms with E-state index in [-0.39, 0.29) is 18.2 Å². The zero-order valence-electron chi connectivity index (χ0n) is 21.3. The van der Waals surface area contributed by atoms with E-state index in [9.17, 15) is 23.9 Å². The molecule has 2 N–H and O–H groups in total. The fraction of sp³-hybridized carbons (Fsp3) is 0.222. The number of nitrogens with zero attached hydrogens (tertiary/aromatic N) is 4. The Morgan fingerprint density at radius 1 is 1.13 bits per heavy atom. The van der Waals surface area contributed by atoms with Crippen molar-refractivity contribution in [3.8, 4) is 11.5 Å². The molecule has 2 aromatic heterocycles. The number of ether oxygens (including phenoxy) is 1. The molecule has 0 saturated carbocycles. The Balaban J connectivity index is 1.73. The number of benzene rings is 2. The third-order valence-corrected chi connectivity index (χ3v) is 6.47. The van der Waals surface area contributed by atoms with Crippen molar-refractivity contribution >= 4 is 29.2 Å². The van der Waals surface area contributed by atoms with Crippen molar-refractivity contribution in [3.05, 3.63) is 104 Å². The molecule has 4 aromatic rings. The van der Waals surface area contributed by atoms with Gasteiger partial charge < -0.3 is 15.2 Å². The largest absolute Gasteiger partial charge is 0.481 e. The predicted octanol–water partition coefficient (Wildman–Crippen LogP) is 4.77. The fourth-order valence-corrected chi connectivity index (χ4v) is 3.97. The molecule has 39 heavy (non-hydrogen) atoms. The van der Waals surface area contributed by atoms with Crippen LogP contribution in [0.1, 0.15) is 31.0 Å². The zero-order chi connectivity index (χ0) is 28.3. The molecule has 2 heterocycles. The molecule has 2 aromatic carbocycles. The van der Waals surface area contributed by atoms with Gasteiger partial charge in [-0.05, 0) is 62.2 Å². The molecule has 0 aliphatic heterocycles. The number of aryl methyl sites for hydroxylation is 1. The summed E-state index contributed by atoms with van der Waals surface area (Å²) in [5.41, 5.74) is 0.277. The van der Waals surface area contributed by atoms with Crippen LogP contribution in [0, 0.1) is 18.7 Å². The number of halogens is 2. The number of aromatic nitrogens is 4. The van der Waals surface area contributed by atoms with Crippen LogP contribution in [-0.2, 0) is 11.3 Å². The molecular formula is C27H25ClFN5O5. The van der Waals surface area contributed by atoms with E-state index in [1.54, 1.807) is 49.4 Å². The summed E-state index contributed by atoms with van der Waals surface area (Å²) in [6.45, 7) is 4.71. The zero-order valence-corrected chi connectivity index (χ0v) is 22.0. The second-order valence-corrected chi connectivity index (χ2v) is 9.43. The van der Waals surface area contributed by atoms with Gasteiger partial charge >= 0.3 is 17.3 Å². The highest BCUT2D eigenvalue weighted by Gasteiger charge is 2.26. The summed E-state index contributed by atoms with van der Waals surface area (Å²) in [5, 5.41) is 13.0. The van der Waals surface area contributed by atoms with Crippen molar-refractivity contribution in [3.63, 3.8) is 0 Å². The van der Waals surface area contributed by atoms with Crippen LogP contribution in [0.5, 0.6) is 11.5 Å². The third kappa shape index (κ3) is 6.32. The van der Waals surface area contributed by atoms with Gasteiger partial charge in [0.2, 0.25) is 5.95 Å². The van der Waals surface area contributed by atoms with Gasteiger partial charge in [0.25, 0.3) is 0 Å². The Morgan fingerprint density at radius 3 is 2.49 bits per heavy atom. The number of anilines is 2. The summed E-state index contributed by atoms with van der Waals surface area (Å²) in [6.07, 6.45) is 2.45. The van der Waals surface area contributed by atoms with Gasteiger partial charge in [0, 0.05) is 16.8 Å². The van der Waals surface area contributed by atoms with Crippen LogP contribution < -0.4 is 21.4 Å². The number of hydrogen-bond acceptors (Lipinski definition) is 7. The number of carboxylic acids is 1. The van der Waals surface area contributed by atoms with Crippen LogP contribution in [0.3, 0.4) is 0 Å². The minimum atomic E-state index is -1.15. The van der Waals surface area contributed by atoms with Crippen molar-refractivity contribution in [2.75, 3.05) is 5.32 Å². The molecular weight excluding hydrogens is 529 g/mol. The van der Waals surface area contributed by atoms with Crippen molar-refractivity contribution in [1.82, 2.24) is 19.1 Å². The smallest absolute Gasteiger partial charge is 0.355 e. The molecule has 12 heteroatoms.